The summed E-state index contributed by atoms with van der Waals surface area (Å²) in [5, 5.41) is 15.4. The quantitative estimate of drug-likeness (QED) is 0.865. The first-order chi connectivity index (χ1) is 7.47. The Hall–Kier alpha value is -0.540. The maximum atomic E-state index is 10.3. The minimum Gasteiger partial charge on any atom is -0.390 e. The fourth-order valence-corrected chi connectivity index (χ4v) is 2.18. The van der Waals surface area contributed by atoms with Crippen LogP contribution in [-0.2, 0) is 19.9 Å². The zero-order valence-corrected chi connectivity index (χ0v) is 11.3. The van der Waals surface area contributed by atoms with Gasteiger partial charge in [0.2, 0.25) is 0 Å². The topological polar surface area (TPSA) is 38.0 Å². The average Bonchev–Trinajstić information content (AvgIpc) is 2.56. The van der Waals surface area contributed by atoms with Crippen molar-refractivity contribution < 1.29 is 5.11 Å². The summed E-state index contributed by atoms with van der Waals surface area (Å²) in [5.74, 6) is 0. The van der Waals surface area contributed by atoms with Gasteiger partial charge in [0, 0.05) is 13.5 Å². The third-order valence-electron chi connectivity index (χ3n) is 3.32. The largest absolute Gasteiger partial charge is 0.390 e. The molecule has 0 spiro atoms. The van der Waals surface area contributed by atoms with Gasteiger partial charge in [-0.15, -0.1) is 0 Å². The van der Waals surface area contributed by atoms with Gasteiger partial charge < -0.3 is 5.11 Å². The van der Waals surface area contributed by atoms with Gasteiger partial charge in [0.25, 0.3) is 0 Å². The molecule has 0 unspecified atom stereocenters. The molecule has 0 aliphatic heterocycles. The predicted octanol–water partition coefficient (Wildman–Crippen LogP) is 2.73. The SMILES string of the molecule is CCc1nn(C)c(CC(O)(CC)CC)c1Cl. The summed E-state index contributed by atoms with van der Waals surface area (Å²) in [4.78, 5) is 0. The first-order valence-corrected chi connectivity index (χ1v) is 6.27. The predicted molar refractivity (Wildman–Crippen MR) is 66.8 cm³/mol. The highest BCUT2D eigenvalue weighted by atomic mass is 35.5. The molecule has 1 heterocycles. The average molecular weight is 245 g/mol. The van der Waals surface area contributed by atoms with Gasteiger partial charge >= 0.3 is 0 Å². The van der Waals surface area contributed by atoms with Crippen molar-refractivity contribution >= 4 is 11.6 Å². The van der Waals surface area contributed by atoms with E-state index in [9.17, 15) is 5.11 Å². The zero-order valence-electron chi connectivity index (χ0n) is 10.5. The van der Waals surface area contributed by atoms with E-state index in [2.05, 4.69) is 5.10 Å². The van der Waals surface area contributed by atoms with Gasteiger partial charge in [0.05, 0.1) is 22.0 Å². The van der Waals surface area contributed by atoms with Gasteiger partial charge in [-0.2, -0.15) is 5.10 Å². The van der Waals surface area contributed by atoms with Gasteiger partial charge in [0.1, 0.15) is 0 Å². The Morgan fingerprint density at radius 2 is 1.88 bits per heavy atom. The highest BCUT2D eigenvalue weighted by molar-refractivity contribution is 6.31. The molecule has 0 saturated heterocycles. The highest BCUT2D eigenvalue weighted by Crippen LogP contribution is 2.27. The number of nitrogens with zero attached hydrogens (tertiary/aromatic N) is 2. The fraction of sp³-hybridized carbons (Fsp3) is 0.750. The summed E-state index contributed by atoms with van der Waals surface area (Å²) in [5.41, 5.74) is 1.18. The summed E-state index contributed by atoms with van der Waals surface area (Å²) in [6.07, 6.45) is 2.85. The highest BCUT2D eigenvalue weighted by Gasteiger charge is 2.26. The number of aryl methyl sites for hydroxylation is 2. The summed E-state index contributed by atoms with van der Waals surface area (Å²) in [6.45, 7) is 6.02. The molecular formula is C12H21ClN2O. The zero-order chi connectivity index (χ0) is 12.3. The second kappa shape index (κ2) is 5.19. The number of aliphatic hydroxyl groups is 1. The van der Waals surface area contributed by atoms with Gasteiger partial charge in [-0.25, -0.2) is 0 Å². The van der Waals surface area contributed by atoms with Gasteiger partial charge in [-0.05, 0) is 19.3 Å². The first kappa shape index (κ1) is 13.5. The van der Waals surface area contributed by atoms with Crippen molar-refractivity contribution in [3.63, 3.8) is 0 Å². The second-order valence-corrected chi connectivity index (χ2v) is 4.67. The lowest BCUT2D eigenvalue weighted by molar-refractivity contribution is 0.0309. The third kappa shape index (κ3) is 2.58. The molecule has 1 N–H and O–H groups in total. The summed E-state index contributed by atoms with van der Waals surface area (Å²) in [7, 11) is 1.88. The molecule has 1 rings (SSSR count). The van der Waals surface area contributed by atoms with Crippen LogP contribution in [-0.4, -0.2) is 20.5 Å². The lowest BCUT2D eigenvalue weighted by atomic mass is 9.91. The van der Waals surface area contributed by atoms with Crippen LogP contribution in [0.25, 0.3) is 0 Å². The monoisotopic (exact) mass is 244 g/mol. The minimum atomic E-state index is -0.664. The van der Waals surface area contributed by atoms with Crippen molar-refractivity contribution in [3.8, 4) is 0 Å². The van der Waals surface area contributed by atoms with Crippen molar-refractivity contribution in [2.45, 2.75) is 52.1 Å². The summed E-state index contributed by atoms with van der Waals surface area (Å²) < 4.78 is 1.79. The van der Waals surface area contributed by atoms with Crippen molar-refractivity contribution in [2.75, 3.05) is 0 Å². The number of hydrogen-bond donors (Lipinski definition) is 1. The van der Waals surface area contributed by atoms with Crippen LogP contribution < -0.4 is 0 Å². The Morgan fingerprint density at radius 3 is 2.25 bits per heavy atom. The van der Waals surface area contributed by atoms with E-state index >= 15 is 0 Å². The van der Waals surface area contributed by atoms with Crippen LogP contribution in [0.15, 0.2) is 0 Å². The molecular weight excluding hydrogens is 224 g/mol. The van der Waals surface area contributed by atoms with Gasteiger partial charge in [0.15, 0.2) is 0 Å². The summed E-state index contributed by atoms with van der Waals surface area (Å²) in [6, 6.07) is 0. The fourth-order valence-electron chi connectivity index (χ4n) is 1.82. The van der Waals surface area contributed by atoms with Crippen LogP contribution >= 0.6 is 11.6 Å². The molecule has 16 heavy (non-hydrogen) atoms. The lowest BCUT2D eigenvalue weighted by Gasteiger charge is -2.25. The van der Waals surface area contributed by atoms with Crippen molar-refractivity contribution in [2.24, 2.45) is 7.05 Å². The molecule has 1 aromatic rings. The molecule has 0 aliphatic rings. The molecule has 0 radical (unpaired) electrons. The Kier molecular flexibility index (Phi) is 4.39. The van der Waals surface area contributed by atoms with E-state index in [0.29, 0.717) is 11.4 Å². The first-order valence-electron chi connectivity index (χ1n) is 5.90. The van der Waals surface area contributed by atoms with Crippen molar-refractivity contribution in [1.82, 2.24) is 9.78 Å². The molecule has 1 aromatic heterocycles. The molecule has 0 amide bonds. The smallest absolute Gasteiger partial charge is 0.0850 e. The van der Waals surface area contributed by atoms with Crippen molar-refractivity contribution in [1.29, 1.82) is 0 Å². The van der Waals surface area contributed by atoms with Crippen LogP contribution in [0.2, 0.25) is 5.02 Å². The summed E-state index contributed by atoms with van der Waals surface area (Å²) >= 11 is 6.26. The molecule has 0 fully saturated rings. The van der Waals surface area contributed by atoms with E-state index in [-0.39, 0.29) is 0 Å². The molecule has 92 valence electrons. The van der Waals surface area contributed by atoms with Crippen LogP contribution in [0.1, 0.15) is 45.0 Å². The molecule has 3 nitrogen and oxygen atoms in total. The van der Waals surface area contributed by atoms with Crippen LogP contribution in [0.5, 0.6) is 0 Å². The Labute approximate surface area is 102 Å². The lowest BCUT2D eigenvalue weighted by Crippen LogP contribution is -2.30. The third-order valence-corrected chi connectivity index (χ3v) is 3.75. The van der Waals surface area contributed by atoms with Gasteiger partial charge in [-0.1, -0.05) is 32.4 Å². The van der Waals surface area contributed by atoms with E-state index in [4.69, 9.17) is 11.6 Å². The number of aromatic nitrogens is 2. The Bertz CT molecular complexity index is 356. The maximum Gasteiger partial charge on any atom is 0.0850 e. The van der Waals surface area contributed by atoms with Crippen LogP contribution in [0.4, 0.5) is 0 Å². The second-order valence-electron chi connectivity index (χ2n) is 4.29. The number of rotatable bonds is 5. The van der Waals surface area contributed by atoms with E-state index < -0.39 is 5.60 Å². The Balaban J connectivity index is 3.01. The van der Waals surface area contributed by atoms with E-state index in [1.807, 2.05) is 27.8 Å². The molecule has 4 heteroatoms. The normalized spacial score (nSPS) is 12.1. The number of hydrogen-bond acceptors (Lipinski definition) is 2. The van der Waals surface area contributed by atoms with E-state index in [0.717, 1.165) is 30.7 Å². The molecule has 0 bridgehead atoms. The standard InChI is InChI=1S/C12H21ClN2O/c1-5-9-11(13)10(15(4)14-9)8-12(16,6-2)7-3/h16H,5-8H2,1-4H3. The van der Waals surface area contributed by atoms with Crippen molar-refractivity contribution in [3.05, 3.63) is 16.4 Å². The van der Waals surface area contributed by atoms with Crippen LogP contribution in [0, 0.1) is 0 Å². The molecule has 0 atom stereocenters. The molecule has 0 aliphatic carbocycles. The van der Waals surface area contributed by atoms with E-state index in [1.165, 1.54) is 0 Å². The molecule has 0 aromatic carbocycles. The minimum absolute atomic E-state index is 0.572. The maximum absolute atomic E-state index is 10.3. The molecule has 0 saturated carbocycles. The van der Waals surface area contributed by atoms with E-state index in [1.54, 1.807) is 4.68 Å². The van der Waals surface area contributed by atoms with Crippen LogP contribution in [0.3, 0.4) is 0 Å². The van der Waals surface area contributed by atoms with Gasteiger partial charge in [-0.3, -0.25) is 4.68 Å². The number of halogens is 1. The Morgan fingerprint density at radius 1 is 1.31 bits per heavy atom.